The molecule has 0 heterocycles. The normalized spacial score (nSPS) is 23.7. The van der Waals surface area contributed by atoms with Crippen LogP contribution in [0.2, 0.25) is 0 Å². The number of rotatable bonds is 4. The van der Waals surface area contributed by atoms with Crippen LogP contribution < -0.4 is 0 Å². The minimum atomic E-state index is -1.01. The fourth-order valence-corrected chi connectivity index (χ4v) is 1.90. The van der Waals surface area contributed by atoms with E-state index in [4.69, 9.17) is 21.4 Å². The molecule has 0 aromatic heterocycles. The van der Waals surface area contributed by atoms with Crippen molar-refractivity contribution in [1.29, 1.82) is 0 Å². The SMILES string of the molecule is CC1(C)CCC(OCC(Cl)C(=O)O)CC1. The highest BCUT2D eigenvalue weighted by Crippen LogP contribution is 2.36. The quantitative estimate of drug-likeness (QED) is 0.761. The summed E-state index contributed by atoms with van der Waals surface area (Å²) in [5.74, 6) is -1.01. The predicted octanol–water partition coefficient (Wildman–Crippen LogP) is 2.66. The van der Waals surface area contributed by atoms with E-state index >= 15 is 0 Å². The second kappa shape index (κ2) is 5.17. The molecule has 4 heteroatoms. The minimum Gasteiger partial charge on any atom is -0.480 e. The van der Waals surface area contributed by atoms with Gasteiger partial charge in [-0.05, 0) is 31.1 Å². The van der Waals surface area contributed by atoms with Gasteiger partial charge < -0.3 is 9.84 Å². The van der Waals surface area contributed by atoms with Crippen LogP contribution in [-0.4, -0.2) is 29.2 Å². The van der Waals surface area contributed by atoms with Crippen molar-refractivity contribution >= 4 is 17.6 Å². The highest BCUT2D eigenvalue weighted by molar-refractivity contribution is 6.29. The molecule has 1 fully saturated rings. The molecule has 1 saturated carbocycles. The molecule has 3 nitrogen and oxygen atoms in total. The van der Waals surface area contributed by atoms with Crippen LogP contribution in [0.5, 0.6) is 0 Å². The third-order valence-corrected chi connectivity index (χ3v) is 3.35. The number of halogens is 1. The van der Waals surface area contributed by atoms with E-state index in [0.29, 0.717) is 5.41 Å². The maximum atomic E-state index is 10.5. The van der Waals surface area contributed by atoms with E-state index in [9.17, 15) is 4.79 Å². The molecule has 0 aliphatic heterocycles. The van der Waals surface area contributed by atoms with Gasteiger partial charge in [0.05, 0.1) is 12.7 Å². The summed E-state index contributed by atoms with van der Waals surface area (Å²) in [7, 11) is 0. The molecule has 1 aliphatic carbocycles. The van der Waals surface area contributed by atoms with E-state index in [2.05, 4.69) is 13.8 Å². The molecule has 88 valence electrons. The highest BCUT2D eigenvalue weighted by atomic mass is 35.5. The molecule has 1 aliphatic rings. The Morgan fingerprint density at radius 3 is 2.53 bits per heavy atom. The van der Waals surface area contributed by atoms with Crippen LogP contribution in [0.25, 0.3) is 0 Å². The lowest BCUT2D eigenvalue weighted by atomic mass is 9.76. The average Bonchev–Trinajstić information content (AvgIpc) is 2.15. The van der Waals surface area contributed by atoms with Crippen molar-refractivity contribution in [3.05, 3.63) is 0 Å². The molecule has 1 N–H and O–H groups in total. The van der Waals surface area contributed by atoms with Crippen LogP contribution in [-0.2, 0) is 9.53 Å². The van der Waals surface area contributed by atoms with Crippen LogP contribution in [0.3, 0.4) is 0 Å². The minimum absolute atomic E-state index is 0.113. The Kier molecular flexibility index (Phi) is 4.41. The van der Waals surface area contributed by atoms with E-state index < -0.39 is 11.3 Å². The van der Waals surface area contributed by atoms with Gasteiger partial charge in [0.1, 0.15) is 0 Å². The first kappa shape index (κ1) is 12.8. The Labute approximate surface area is 95.8 Å². The average molecular weight is 235 g/mol. The zero-order valence-corrected chi connectivity index (χ0v) is 10.1. The standard InChI is InChI=1S/C11H19ClO3/c1-11(2)5-3-8(4-6-11)15-7-9(12)10(13)14/h8-9H,3-7H2,1-2H3,(H,13,14). The van der Waals surface area contributed by atoms with Gasteiger partial charge in [0.2, 0.25) is 0 Å². The topological polar surface area (TPSA) is 46.5 Å². The number of hydrogen-bond acceptors (Lipinski definition) is 2. The zero-order chi connectivity index (χ0) is 11.5. The number of carboxylic acid groups (broad SMARTS) is 1. The summed E-state index contributed by atoms with van der Waals surface area (Å²) in [5, 5.41) is 7.67. The molecule has 1 rings (SSSR count). The predicted molar refractivity (Wildman–Crippen MR) is 59.3 cm³/mol. The monoisotopic (exact) mass is 234 g/mol. The number of alkyl halides is 1. The zero-order valence-electron chi connectivity index (χ0n) is 9.33. The summed E-state index contributed by atoms with van der Waals surface area (Å²) >= 11 is 5.57. The molecule has 0 bridgehead atoms. The Bertz CT molecular complexity index is 218. The van der Waals surface area contributed by atoms with Crippen LogP contribution in [0.15, 0.2) is 0 Å². The third kappa shape index (κ3) is 4.39. The van der Waals surface area contributed by atoms with E-state index in [1.54, 1.807) is 0 Å². The lowest BCUT2D eigenvalue weighted by Crippen LogP contribution is -2.29. The van der Waals surface area contributed by atoms with E-state index in [1.165, 1.54) is 0 Å². The molecular weight excluding hydrogens is 216 g/mol. The maximum Gasteiger partial charge on any atom is 0.324 e. The van der Waals surface area contributed by atoms with Crippen molar-refractivity contribution in [2.75, 3.05) is 6.61 Å². The fraction of sp³-hybridized carbons (Fsp3) is 0.909. The number of aliphatic carboxylic acids is 1. The van der Waals surface area contributed by atoms with Crippen molar-refractivity contribution < 1.29 is 14.6 Å². The second-order valence-electron chi connectivity index (χ2n) is 5.00. The summed E-state index contributed by atoms with van der Waals surface area (Å²) in [5.41, 5.74) is 0.410. The van der Waals surface area contributed by atoms with Gasteiger partial charge in [-0.15, -0.1) is 11.6 Å². The van der Waals surface area contributed by atoms with Gasteiger partial charge in [0.15, 0.2) is 5.38 Å². The summed E-state index contributed by atoms with van der Waals surface area (Å²) in [6, 6.07) is 0. The van der Waals surface area contributed by atoms with Crippen molar-refractivity contribution in [2.45, 2.75) is 51.0 Å². The Morgan fingerprint density at radius 2 is 2.07 bits per heavy atom. The molecule has 0 aromatic carbocycles. The van der Waals surface area contributed by atoms with Gasteiger partial charge >= 0.3 is 5.97 Å². The lowest BCUT2D eigenvalue weighted by Gasteiger charge is -2.34. The molecule has 15 heavy (non-hydrogen) atoms. The molecule has 0 saturated heterocycles. The first-order chi connectivity index (χ1) is 6.91. The van der Waals surface area contributed by atoms with Gasteiger partial charge in [0, 0.05) is 0 Å². The Morgan fingerprint density at radius 1 is 1.53 bits per heavy atom. The van der Waals surface area contributed by atoms with E-state index in [1.807, 2.05) is 0 Å². The van der Waals surface area contributed by atoms with Gasteiger partial charge in [-0.1, -0.05) is 13.8 Å². The van der Waals surface area contributed by atoms with E-state index in [-0.39, 0.29) is 12.7 Å². The summed E-state index contributed by atoms with van der Waals surface area (Å²) in [6.07, 6.45) is 4.49. The largest absolute Gasteiger partial charge is 0.480 e. The molecule has 0 aromatic rings. The Hall–Kier alpha value is -0.280. The first-order valence-electron chi connectivity index (χ1n) is 5.39. The van der Waals surface area contributed by atoms with Gasteiger partial charge in [-0.3, -0.25) is 4.79 Å². The molecule has 1 atom stereocenters. The van der Waals surface area contributed by atoms with Crippen LogP contribution >= 0.6 is 11.6 Å². The van der Waals surface area contributed by atoms with Crippen LogP contribution in [0, 0.1) is 5.41 Å². The second-order valence-corrected chi connectivity index (χ2v) is 5.53. The number of carbonyl (C=O) groups is 1. The molecule has 0 spiro atoms. The number of hydrogen-bond donors (Lipinski definition) is 1. The van der Waals surface area contributed by atoms with Gasteiger partial charge in [-0.25, -0.2) is 0 Å². The smallest absolute Gasteiger partial charge is 0.324 e. The van der Waals surface area contributed by atoms with Crippen molar-refractivity contribution in [3.8, 4) is 0 Å². The van der Waals surface area contributed by atoms with Gasteiger partial charge in [-0.2, -0.15) is 0 Å². The molecular formula is C11H19ClO3. The molecule has 1 unspecified atom stereocenters. The van der Waals surface area contributed by atoms with Crippen LogP contribution in [0.1, 0.15) is 39.5 Å². The maximum absolute atomic E-state index is 10.5. The van der Waals surface area contributed by atoms with Crippen molar-refractivity contribution in [3.63, 3.8) is 0 Å². The lowest BCUT2D eigenvalue weighted by molar-refractivity contribution is -0.138. The molecule has 0 radical (unpaired) electrons. The Balaban J connectivity index is 2.22. The van der Waals surface area contributed by atoms with Crippen molar-refractivity contribution in [2.24, 2.45) is 5.41 Å². The number of ether oxygens (including phenoxy) is 1. The highest BCUT2D eigenvalue weighted by Gasteiger charge is 2.28. The van der Waals surface area contributed by atoms with E-state index in [0.717, 1.165) is 25.7 Å². The summed E-state index contributed by atoms with van der Waals surface area (Å²) in [6.45, 7) is 4.62. The molecule has 0 amide bonds. The third-order valence-electron chi connectivity index (χ3n) is 3.03. The number of carboxylic acids is 1. The first-order valence-corrected chi connectivity index (χ1v) is 5.83. The van der Waals surface area contributed by atoms with Crippen LogP contribution in [0.4, 0.5) is 0 Å². The summed E-state index contributed by atoms with van der Waals surface area (Å²) in [4.78, 5) is 10.5. The fourth-order valence-electron chi connectivity index (χ4n) is 1.83. The van der Waals surface area contributed by atoms with Gasteiger partial charge in [0.25, 0.3) is 0 Å². The van der Waals surface area contributed by atoms with Crippen molar-refractivity contribution in [1.82, 2.24) is 0 Å². The summed E-state index contributed by atoms with van der Waals surface area (Å²) < 4.78 is 5.49.